The minimum Gasteiger partial charge on any atom is -0.593 e. The van der Waals surface area contributed by atoms with Gasteiger partial charge in [0.2, 0.25) is 0 Å². The van der Waals surface area contributed by atoms with Crippen LogP contribution in [0.1, 0.15) is 55.2 Å². The Kier molecular flexibility index (Phi) is 7.32. The van der Waals surface area contributed by atoms with E-state index < -0.39 is 16.9 Å². The van der Waals surface area contributed by atoms with Crippen molar-refractivity contribution in [1.82, 2.24) is 9.62 Å². The molecule has 1 atom stereocenters. The van der Waals surface area contributed by atoms with Gasteiger partial charge in [-0.3, -0.25) is 14.7 Å². The van der Waals surface area contributed by atoms with Crippen molar-refractivity contribution in [2.75, 3.05) is 18.4 Å². The SMILES string of the molecule is Cc1cc(NC2CCCC2)ccc1/C=C/[S+]([O-])N1CCC2(CC1)N=C(c1cccc(OF)c1)NC2=O. The van der Waals surface area contributed by atoms with Gasteiger partial charge < -0.3 is 15.2 Å². The zero-order chi connectivity index (χ0) is 25.1. The average Bonchev–Trinajstić information content (AvgIpc) is 3.52. The molecule has 1 spiro atoms. The molecule has 2 aromatic carbocycles. The number of nitrogens with one attached hydrogen (secondary N) is 2. The monoisotopic (exact) mass is 510 g/mol. The Morgan fingerprint density at radius 3 is 2.72 bits per heavy atom. The third-order valence-electron chi connectivity index (χ3n) is 7.34. The van der Waals surface area contributed by atoms with Gasteiger partial charge in [0.15, 0.2) is 5.75 Å². The van der Waals surface area contributed by atoms with Gasteiger partial charge in [0, 0.05) is 34.9 Å². The lowest BCUT2D eigenvalue weighted by molar-refractivity contribution is -0.124. The van der Waals surface area contributed by atoms with Gasteiger partial charge in [-0.05, 0) is 74.1 Å². The summed E-state index contributed by atoms with van der Waals surface area (Å²) in [5.41, 5.74) is 3.01. The van der Waals surface area contributed by atoms with E-state index in [9.17, 15) is 13.9 Å². The van der Waals surface area contributed by atoms with E-state index in [1.54, 1.807) is 17.5 Å². The van der Waals surface area contributed by atoms with Crippen LogP contribution in [0.25, 0.3) is 6.08 Å². The van der Waals surface area contributed by atoms with E-state index >= 15 is 0 Å². The van der Waals surface area contributed by atoms with Crippen LogP contribution in [0.4, 0.5) is 10.2 Å². The molecule has 1 unspecified atom stereocenters. The first-order chi connectivity index (χ1) is 17.5. The van der Waals surface area contributed by atoms with Crippen LogP contribution in [0, 0.1) is 6.92 Å². The summed E-state index contributed by atoms with van der Waals surface area (Å²) in [4.78, 5) is 21.3. The van der Waals surface area contributed by atoms with Gasteiger partial charge in [-0.25, -0.2) is 0 Å². The molecule has 2 aromatic rings. The number of amides is 1. The number of anilines is 1. The predicted octanol–water partition coefficient (Wildman–Crippen LogP) is 4.66. The van der Waals surface area contributed by atoms with Crippen LogP contribution < -0.4 is 15.6 Å². The summed E-state index contributed by atoms with van der Waals surface area (Å²) < 4.78 is 27.4. The van der Waals surface area contributed by atoms with E-state index in [-0.39, 0.29) is 11.7 Å². The lowest BCUT2D eigenvalue weighted by Gasteiger charge is -2.34. The molecular weight excluding hydrogens is 479 g/mol. The lowest BCUT2D eigenvalue weighted by Crippen LogP contribution is -2.50. The average molecular weight is 511 g/mol. The highest BCUT2D eigenvalue weighted by molar-refractivity contribution is 7.92. The van der Waals surface area contributed by atoms with E-state index in [1.807, 2.05) is 10.4 Å². The number of aliphatic imine (C=N–C) groups is 1. The minimum absolute atomic E-state index is 0.0531. The Morgan fingerprint density at radius 1 is 1.22 bits per heavy atom. The maximum Gasteiger partial charge on any atom is 0.253 e. The molecule has 190 valence electrons. The van der Waals surface area contributed by atoms with Gasteiger partial charge in [-0.1, -0.05) is 31.0 Å². The van der Waals surface area contributed by atoms with Crippen molar-refractivity contribution < 1.29 is 18.8 Å². The second-order valence-corrected chi connectivity index (χ2v) is 11.1. The number of carbonyl (C=O) groups excluding carboxylic acids is 1. The Labute approximate surface area is 214 Å². The molecule has 1 amide bonds. The highest BCUT2D eigenvalue weighted by Gasteiger charge is 2.47. The van der Waals surface area contributed by atoms with E-state index in [1.165, 1.54) is 37.8 Å². The Balaban J connectivity index is 1.19. The van der Waals surface area contributed by atoms with Crippen molar-refractivity contribution >= 4 is 34.9 Å². The summed E-state index contributed by atoms with van der Waals surface area (Å²) in [6.07, 6.45) is 7.88. The zero-order valence-corrected chi connectivity index (χ0v) is 21.2. The third-order valence-corrected chi connectivity index (χ3v) is 8.58. The van der Waals surface area contributed by atoms with Crippen molar-refractivity contribution in [3.05, 3.63) is 64.6 Å². The summed E-state index contributed by atoms with van der Waals surface area (Å²) in [5.74, 6) is 0.291. The first-order valence-corrected chi connectivity index (χ1v) is 13.6. The standard InChI is InChI=1S/C27H31FN4O3S/c1-19-17-23(29-22-6-2-3-7-22)10-9-20(19)11-16-36(34)32-14-12-27(13-15-32)26(33)30-25(31-27)21-5-4-8-24(18-21)35-28/h4-5,8-11,16-18,22,29H,2-3,6-7,12-15H2,1H3,(H,30,31,33)/b16-11+. The van der Waals surface area contributed by atoms with Gasteiger partial charge >= 0.3 is 0 Å². The largest absolute Gasteiger partial charge is 0.593 e. The number of carbonyl (C=O) groups is 1. The molecule has 0 radical (unpaired) electrons. The van der Waals surface area contributed by atoms with Gasteiger partial charge in [0.25, 0.3) is 5.91 Å². The van der Waals surface area contributed by atoms with Gasteiger partial charge in [0.1, 0.15) is 16.8 Å². The number of amidine groups is 1. The Bertz CT molecular complexity index is 1170. The van der Waals surface area contributed by atoms with Crippen LogP contribution >= 0.6 is 0 Å². The Morgan fingerprint density at radius 2 is 2.00 bits per heavy atom. The number of hydrogen-bond donors (Lipinski definition) is 2. The maximum absolute atomic E-state index is 13.0. The summed E-state index contributed by atoms with van der Waals surface area (Å²) in [6, 6.07) is 13.2. The highest BCUT2D eigenvalue weighted by atomic mass is 32.2. The molecule has 2 heterocycles. The van der Waals surface area contributed by atoms with E-state index in [0.29, 0.717) is 43.4 Å². The van der Waals surface area contributed by atoms with Crippen molar-refractivity contribution in [3.8, 4) is 5.75 Å². The number of benzene rings is 2. The van der Waals surface area contributed by atoms with Crippen LogP contribution in [0.2, 0.25) is 0 Å². The molecule has 2 fully saturated rings. The number of hydrogen-bond acceptors (Lipinski definition) is 6. The van der Waals surface area contributed by atoms with Gasteiger partial charge in [-0.15, -0.1) is 4.31 Å². The van der Waals surface area contributed by atoms with Crippen molar-refractivity contribution in [3.63, 3.8) is 0 Å². The normalized spacial score (nSPS) is 21.1. The maximum atomic E-state index is 13.0. The fourth-order valence-corrected chi connectivity index (χ4v) is 6.17. The van der Waals surface area contributed by atoms with Crippen molar-refractivity contribution in [2.45, 2.75) is 57.0 Å². The van der Waals surface area contributed by atoms with Gasteiger partial charge in [0.05, 0.1) is 11.4 Å². The molecule has 2 N–H and O–H groups in total. The molecule has 1 saturated heterocycles. The van der Waals surface area contributed by atoms with Crippen LogP contribution in [-0.2, 0) is 16.2 Å². The van der Waals surface area contributed by atoms with Crippen molar-refractivity contribution in [2.24, 2.45) is 4.99 Å². The molecule has 0 aromatic heterocycles. The van der Waals surface area contributed by atoms with Crippen LogP contribution in [0.3, 0.4) is 0 Å². The Hall–Kier alpha value is -2.88. The van der Waals surface area contributed by atoms with E-state index in [2.05, 4.69) is 45.7 Å². The zero-order valence-electron chi connectivity index (χ0n) is 20.3. The van der Waals surface area contributed by atoms with Crippen molar-refractivity contribution in [1.29, 1.82) is 0 Å². The molecule has 36 heavy (non-hydrogen) atoms. The highest BCUT2D eigenvalue weighted by Crippen LogP contribution is 2.33. The molecule has 7 nitrogen and oxygen atoms in total. The fourth-order valence-electron chi connectivity index (χ4n) is 5.20. The molecule has 0 bridgehead atoms. The molecule has 2 aliphatic heterocycles. The second-order valence-electron chi connectivity index (χ2n) is 9.76. The van der Waals surface area contributed by atoms with E-state index in [4.69, 9.17) is 0 Å². The number of halogens is 1. The molecule has 1 aliphatic carbocycles. The first-order valence-electron chi connectivity index (χ1n) is 12.5. The third kappa shape index (κ3) is 5.28. The second kappa shape index (κ2) is 10.6. The molecule has 9 heteroatoms. The molecule has 5 rings (SSSR count). The lowest BCUT2D eigenvalue weighted by atomic mass is 9.89. The smallest absolute Gasteiger partial charge is 0.253 e. The molecule has 1 saturated carbocycles. The predicted molar refractivity (Wildman–Crippen MR) is 141 cm³/mol. The van der Waals surface area contributed by atoms with Crippen LogP contribution in [0.15, 0.2) is 52.9 Å². The first kappa shape index (κ1) is 24.8. The number of rotatable bonds is 7. The molecular formula is C27H31FN4O3S. The topological polar surface area (TPSA) is 89.0 Å². The fraction of sp³-hybridized carbons (Fsp3) is 0.407. The summed E-state index contributed by atoms with van der Waals surface area (Å²) in [5, 5.41) is 8.16. The number of piperidine rings is 1. The quantitative estimate of drug-likeness (QED) is 0.529. The van der Waals surface area contributed by atoms with Gasteiger partial charge in [-0.2, -0.15) is 0 Å². The summed E-state index contributed by atoms with van der Waals surface area (Å²) >= 11 is -1.30. The minimum atomic E-state index is -1.30. The molecule has 3 aliphatic rings. The van der Waals surface area contributed by atoms with Crippen LogP contribution in [0.5, 0.6) is 5.75 Å². The number of nitrogens with zero attached hydrogens (tertiary/aromatic N) is 2. The summed E-state index contributed by atoms with van der Waals surface area (Å²) in [7, 11) is 0. The summed E-state index contributed by atoms with van der Waals surface area (Å²) in [6.45, 7) is 3.03. The number of aryl methyl sites for hydroxylation is 1. The van der Waals surface area contributed by atoms with Crippen LogP contribution in [-0.4, -0.2) is 45.3 Å². The van der Waals surface area contributed by atoms with E-state index in [0.717, 1.165) is 16.8 Å².